The van der Waals surface area contributed by atoms with Crippen molar-refractivity contribution in [2.45, 2.75) is 26.7 Å². The van der Waals surface area contributed by atoms with Crippen LogP contribution < -0.4 is 5.43 Å². The topological polar surface area (TPSA) is 54.4 Å². The molecule has 1 amide bonds. The molecule has 0 unspecified atom stereocenters. The monoisotopic (exact) mass is 365 g/mol. The number of halogens is 1. The van der Waals surface area contributed by atoms with E-state index in [2.05, 4.69) is 31.4 Å². The molecule has 0 radical (unpaired) electrons. The molecule has 0 fully saturated rings. The van der Waals surface area contributed by atoms with Crippen molar-refractivity contribution in [2.24, 2.45) is 5.10 Å². The van der Waals surface area contributed by atoms with Gasteiger partial charge in [0, 0.05) is 15.5 Å². The Morgan fingerprint density at radius 3 is 2.67 bits per heavy atom. The summed E-state index contributed by atoms with van der Waals surface area (Å²) in [5.74, 6) is -0.146. The summed E-state index contributed by atoms with van der Waals surface area (Å²) in [4.78, 5) is 16.1. The largest absolute Gasteiger partial charge is 0.273 e. The number of thiazole rings is 1. The number of hydrogen-bond donors (Lipinski definition) is 1. The third-order valence-electron chi connectivity index (χ3n) is 2.81. The molecule has 0 aliphatic heterocycles. The average molecular weight is 366 g/mol. The summed E-state index contributed by atoms with van der Waals surface area (Å²) >= 11 is 4.89. The maximum Gasteiger partial charge on any atom is 0.246 e. The van der Waals surface area contributed by atoms with E-state index in [9.17, 15) is 4.79 Å². The molecule has 1 N–H and O–H groups in total. The molecule has 1 heterocycles. The smallest absolute Gasteiger partial charge is 0.246 e. The highest BCUT2D eigenvalue weighted by Crippen LogP contribution is 2.12. The zero-order valence-electron chi connectivity index (χ0n) is 11.9. The van der Waals surface area contributed by atoms with E-state index in [1.54, 1.807) is 0 Å². The number of rotatable bonds is 5. The minimum Gasteiger partial charge on any atom is -0.273 e. The van der Waals surface area contributed by atoms with Gasteiger partial charge in [-0.2, -0.15) is 5.10 Å². The molecule has 2 aromatic rings. The van der Waals surface area contributed by atoms with Crippen LogP contribution >= 0.6 is 27.3 Å². The first kappa shape index (κ1) is 15.9. The Labute approximate surface area is 136 Å². The highest BCUT2D eigenvalue weighted by atomic mass is 79.9. The molecule has 0 bridgehead atoms. The molecule has 1 aromatic heterocycles. The number of nitrogens with one attached hydrogen (secondary N) is 1. The van der Waals surface area contributed by atoms with Gasteiger partial charge in [0.2, 0.25) is 5.91 Å². The third-order valence-corrected chi connectivity index (χ3v) is 4.30. The number of aryl methyl sites for hydroxylation is 1. The Kier molecular flexibility index (Phi) is 5.64. The summed E-state index contributed by atoms with van der Waals surface area (Å²) in [6.07, 6.45) is 1.01. The molecular formula is C15H16BrN3OS. The number of aromatic nitrogens is 1. The van der Waals surface area contributed by atoms with Crippen molar-refractivity contribution < 1.29 is 4.79 Å². The standard InChI is InChI=1S/C15H16BrN3OS/c1-3-13(11-4-6-12(16)7-5-11)18-19-14(20)8-15-17-10(2)9-21-15/h4-7,9H,3,8H2,1-2H3,(H,19,20)/b18-13-. The van der Waals surface area contributed by atoms with Crippen LogP contribution in [0.1, 0.15) is 29.6 Å². The van der Waals surface area contributed by atoms with E-state index in [1.165, 1.54) is 11.3 Å². The van der Waals surface area contributed by atoms with Crippen LogP contribution in [0.15, 0.2) is 39.2 Å². The van der Waals surface area contributed by atoms with Gasteiger partial charge in [-0.1, -0.05) is 35.0 Å². The number of nitrogens with zero attached hydrogens (tertiary/aromatic N) is 2. The predicted octanol–water partition coefficient (Wildman–Crippen LogP) is 3.69. The number of hydrogen-bond acceptors (Lipinski definition) is 4. The third kappa shape index (κ3) is 4.75. The van der Waals surface area contributed by atoms with Crippen LogP contribution in [0.3, 0.4) is 0 Å². The van der Waals surface area contributed by atoms with Crippen molar-refractivity contribution in [3.8, 4) is 0 Å². The molecule has 0 aliphatic carbocycles. The Bertz CT molecular complexity index is 649. The summed E-state index contributed by atoms with van der Waals surface area (Å²) in [6, 6.07) is 7.87. The fourth-order valence-corrected chi connectivity index (χ4v) is 2.82. The lowest BCUT2D eigenvalue weighted by atomic mass is 10.1. The van der Waals surface area contributed by atoms with Crippen molar-refractivity contribution in [3.05, 3.63) is 50.4 Å². The summed E-state index contributed by atoms with van der Waals surface area (Å²) in [5.41, 5.74) is 5.41. The molecular weight excluding hydrogens is 350 g/mol. The highest BCUT2D eigenvalue weighted by molar-refractivity contribution is 9.10. The van der Waals surface area contributed by atoms with Gasteiger partial charge in [-0.05, 0) is 31.0 Å². The second-order valence-corrected chi connectivity index (χ2v) is 6.37. The fourth-order valence-electron chi connectivity index (χ4n) is 1.78. The second kappa shape index (κ2) is 7.47. The number of benzene rings is 1. The zero-order chi connectivity index (χ0) is 15.2. The molecule has 0 atom stereocenters. The minimum absolute atomic E-state index is 0.146. The van der Waals surface area contributed by atoms with Crippen molar-refractivity contribution in [1.82, 2.24) is 10.4 Å². The molecule has 4 nitrogen and oxygen atoms in total. The van der Waals surface area contributed by atoms with Gasteiger partial charge in [0.1, 0.15) is 5.01 Å². The SMILES string of the molecule is CC/C(=N/NC(=O)Cc1nc(C)cs1)c1ccc(Br)cc1. The van der Waals surface area contributed by atoms with Crippen LogP contribution in [0, 0.1) is 6.92 Å². The van der Waals surface area contributed by atoms with E-state index in [0.717, 1.165) is 32.9 Å². The lowest BCUT2D eigenvalue weighted by Crippen LogP contribution is -2.21. The molecule has 2 rings (SSSR count). The Morgan fingerprint density at radius 1 is 1.38 bits per heavy atom. The molecule has 21 heavy (non-hydrogen) atoms. The van der Waals surface area contributed by atoms with Gasteiger partial charge < -0.3 is 0 Å². The number of amides is 1. The maximum absolute atomic E-state index is 11.9. The summed E-state index contributed by atoms with van der Waals surface area (Å²) in [5, 5.41) is 6.97. The molecule has 110 valence electrons. The lowest BCUT2D eigenvalue weighted by molar-refractivity contribution is -0.120. The van der Waals surface area contributed by atoms with Crippen molar-refractivity contribution >= 4 is 38.9 Å². The van der Waals surface area contributed by atoms with Crippen LogP contribution in [0.2, 0.25) is 0 Å². The molecule has 0 saturated carbocycles. The van der Waals surface area contributed by atoms with Gasteiger partial charge >= 0.3 is 0 Å². The van der Waals surface area contributed by atoms with Gasteiger partial charge in [0.15, 0.2) is 0 Å². The summed E-state index contributed by atoms with van der Waals surface area (Å²) < 4.78 is 1.02. The molecule has 0 aliphatic rings. The Hall–Kier alpha value is -1.53. The number of carbonyl (C=O) groups excluding carboxylic acids is 1. The van der Waals surface area contributed by atoms with E-state index < -0.39 is 0 Å². The van der Waals surface area contributed by atoms with Gasteiger partial charge in [0.25, 0.3) is 0 Å². The number of carbonyl (C=O) groups is 1. The van der Waals surface area contributed by atoms with Crippen LogP contribution in [-0.2, 0) is 11.2 Å². The highest BCUT2D eigenvalue weighted by Gasteiger charge is 2.07. The summed E-state index contributed by atoms with van der Waals surface area (Å²) in [6.45, 7) is 3.93. The van der Waals surface area contributed by atoms with E-state index >= 15 is 0 Å². The van der Waals surface area contributed by atoms with E-state index in [4.69, 9.17) is 0 Å². The van der Waals surface area contributed by atoms with Gasteiger partial charge in [-0.15, -0.1) is 11.3 Å². The zero-order valence-corrected chi connectivity index (χ0v) is 14.3. The van der Waals surface area contributed by atoms with E-state index in [-0.39, 0.29) is 12.3 Å². The van der Waals surface area contributed by atoms with Crippen molar-refractivity contribution in [3.63, 3.8) is 0 Å². The van der Waals surface area contributed by atoms with Crippen LogP contribution in [0.25, 0.3) is 0 Å². The van der Waals surface area contributed by atoms with Gasteiger partial charge in [-0.25, -0.2) is 10.4 Å². The normalized spacial score (nSPS) is 11.5. The number of hydrazone groups is 1. The van der Waals surface area contributed by atoms with Gasteiger partial charge in [0.05, 0.1) is 12.1 Å². The first-order valence-corrected chi connectivity index (χ1v) is 8.28. The Balaban J connectivity index is 2.00. The van der Waals surface area contributed by atoms with Crippen LogP contribution in [0.4, 0.5) is 0 Å². The van der Waals surface area contributed by atoms with Crippen molar-refractivity contribution in [1.29, 1.82) is 0 Å². The second-order valence-electron chi connectivity index (χ2n) is 4.51. The quantitative estimate of drug-likeness (QED) is 0.648. The first-order chi connectivity index (χ1) is 10.1. The lowest BCUT2D eigenvalue weighted by Gasteiger charge is -2.05. The maximum atomic E-state index is 11.9. The molecule has 6 heteroatoms. The fraction of sp³-hybridized carbons (Fsp3) is 0.267. The minimum atomic E-state index is -0.146. The van der Waals surface area contributed by atoms with Crippen molar-refractivity contribution in [2.75, 3.05) is 0 Å². The molecule has 0 saturated heterocycles. The Morgan fingerprint density at radius 2 is 2.10 bits per heavy atom. The van der Waals surface area contributed by atoms with Gasteiger partial charge in [-0.3, -0.25) is 4.79 Å². The molecule has 0 spiro atoms. The molecule has 1 aromatic carbocycles. The predicted molar refractivity (Wildman–Crippen MR) is 89.7 cm³/mol. The van der Waals surface area contributed by atoms with Crippen LogP contribution in [0.5, 0.6) is 0 Å². The summed E-state index contributed by atoms with van der Waals surface area (Å²) in [7, 11) is 0. The first-order valence-electron chi connectivity index (χ1n) is 6.61. The average Bonchev–Trinajstić information content (AvgIpc) is 2.86. The van der Waals surface area contributed by atoms with E-state index in [1.807, 2.05) is 43.5 Å². The van der Waals surface area contributed by atoms with Crippen LogP contribution in [-0.4, -0.2) is 16.6 Å². The van der Waals surface area contributed by atoms with E-state index in [0.29, 0.717) is 0 Å².